The number of aliphatic hydroxyl groups is 1. The van der Waals surface area contributed by atoms with Crippen molar-refractivity contribution in [3.63, 3.8) is 0 Å². The molecule has 1 unspecified atom stereocenters. The molecule has 25 heavy (non-hydrogen) atoms. The molecule has 3 rings (SSSR count). The van der Waals surface area contributed by atoms with Gasteiger partial charge in [0.05, 0.1) is 24.8 Å². The number of nitriles is 1. The summed E-state index contributed by atoms with van der Waals surface area (Å²) in [7, 11) is 1.54. The van der Waals surface area contributed by atoms with Crippen molar-refractivity contribution in [2.75, 3.05) is 7.11 Å². The molecule has 2 aromatic rings. The zero-order valence-corrected chi connectivity index (χ0v) is 13.7. The fourth-order valence-electron chi connectivity index (χ4n) is 2.89. The number of hydrogen-bond acceptors (Lipinski definition) is 6. The number of nitrogens with one attached hydrogen (secondary N) is 1. The Hall–Kier alpha value is -2.98. The molecule has 0 spiro atoms. The van der Waals surface area contributed by atoms with Crippen LogP contribution < -0.4 is 10.1 Å². The van der Waals surface area contributed by atoms with Crippen LogP contribution in [0, 0.1) is 17.2 Å². The van der Waals surface area contributed by atoms with Gasteiger partial charge in [0.1, 0.15) is 11.8 Å². The van der Waals surface area contributed by atoms with Gasteiger partial charge in [-0.15, -0.1) is 0 Å². The molecule has 1 aliphatic carbocycles. The average molecular weight is 338 g/mol. The summed E-state index contributed by atoms with van der Waals surface area (Å²) in [6.45, 7) is 0. The van der Waals surface area contributed by atoms with Gasteiger partial charge in [-0.05, 0) is 36.5 Å². The van der Waals surface area contributed by atoms with Crippen molar-refractivity contribution in [2.45, 2.75) is 25.0 Å². The molecule has 0 aliphatic heterocycles. The van der Waals surface area contributed by atoms with Crippen molar-refractivity contribution in [1.82, 2.24) is 15.3 Å². The Morgan fingerprint density at radius 3 is 2.64 bits per heavy atom. The molecule has 7 heteroatoms. The van der Waals surface area contributed by atoms with Crippen molar-refractivity contribution < 1.29 is 14.6 Å². The van der Waals surface area contributed by atoms with Crippen LogP contribution in [-0.4, -0.2) is 34.2 Å². The first kappa shape index (κ1) is 16.9. The summed E-state index contributed by atoms with van der Waals surface area (Å²) in [5.74, 6) is 0.360. The van der Waals surface area contributed by atoms with Crippen LogP contribution >= 0.6 is 0 Å². The minimum atomic E-state index is -0.327. The Bertz CT molecular complexity index is 777. The summed E-state index contributed by atoms with van der Waals surface area (Å²) < 4.78 is 5.07. The Kier molecular flexibility index (Phi) is 4.91. The minimum absolute atomic E-state index is 0.139. The van der Waals surface area contributed by atoms with Gasteiger partial charge in [0.15, 0.2) is 0 Å². The van der Waals surface area contributed by atoms with E-state index in [1.807, 2.05) is 12.1 Å². The van der Waals surface area contributed by atoms with Gasteiger partial charge in [0, 0.05) is 18.5 Å². The van der Waals surface area contributed by atoms with Crippen molar-refractivity contribution in [3.8, 4) is 11.9 Å². The van der Waals surface area contributed by atoms with E-state index in [2.05, 4.69) is 15.3 Å². The number of methoxy groups -OCH3 is 1. The highest BCUT2D eigenvalue weighted by Crippen LogP contribution is 2.38. The van der Waals surface area contributed by atoms with Gasteiger partial charge in [-0.2, -0.15) is 5.26 Å². The highest BCUT2D eigenvalue weighted by Gasteiger charge is 2.36. The van der Waals surface area contributed by atoms with Crippen molar-refractivity contribution >= 4 is 5.91 Å². The number of pyridine rings is 2. The summed E-state index contributed by atoms with van der Waals surface area (Å²) in [6, 6.07) is 8.34. The maximum atomic E-state index is 12.5. The summed E-state index contributed by atoms with van der Waals surface area (Å²) in [6.07, 6.45) is 3.98. The van der Waals surface area contributed by atoms with Gasteiger partial charge in [-0.1, -0.05) is 6.07 Å². The maximum absolute atomic E-state index is 12.5. The molecule has 7 nitrogen and oxygen atoms in total. The van der Waals surface area contributed by atoms with Crippen LogP contribution in [0.4, 0.5) is 0 Å². The largest absolute Gasteiger partial charge is 0.481 e. The third kappa shape index (κ3) is 3.75. The number of aromatic nitrogens is 2. The number of ether oxygens (including phenoxy) is 1. The van der Waals surface area contributed by atoms with E-state index in [1.165, 1.54) is 12.3 Å². The summed E-state index contributed by atoms with van der Waals surface area (Å²) in [5, 5.41) is 21.4. The molecule has 0 bridgehead atoms. The van der Waals surface area contributed by atoms with E-state index >= 15 is 0 Å². The van der Waals surface area contributed by atoms with Gasteiger partial charge in [0.2, 0.25) is 5.88 Å². The Labute approximate surface area is 145 Å². The van der Waals surface area contributed by atoms with E-state index in [9.17, 15) is 9.90 Å². The Balaban J connectivity index is 1.79. The molecule has 0 radical (unpaired) electrons. The molecule has 1 fully saturated rings. The average Bonchev–Trinajstić information content (AvgIpc) is 2.64. The summed E-state index contributed by atoms with van der Waals surface area (Å²) in [5.41, 5.74) is 1.49. The number of carbonyl (C=O) groups is 1. The van der Waals surface area contributed by atoms with E-state index in [4.69, 9.17) is 10.00 Å². The molecular formula is C18H18N4O3. The second-order valence-electron chi connectivity index (χ2n) is 6.01. The molecular weight excluding hydrogens is 320 g/mol. The van der Waals surface area contributed by atoms with Crippen molar-refractivity contribution in [3.05, 3.63) is 53.5 Å². The predicted octanol–water partition coefficient (Wildman–Crippen LogP) is 1.60. The van der Waals surface area contributed by atoms with Crippen LogP contribution in [-0.2, 0) is 0 Å². The van der Waals surface area contributed by atoms with Crippen molar-refractivity contribution in [2.24, 2.45) is 5.92 Å². The molecule has 0 saturated heterocycles. The summed E-state index contributed by atoms with van der Waals surface area (Å²) in [4.78, 5) is 20.7. The van der Waals surface area contributed by atoms with Gasteiger partial charge in [0.25, 0.3) is 5.91 Å². The number of carbonyl (C=O) groups excluding carboxylic acids is 1. The zero-order chi connectivity index (χ0) is 17.8. The van der Waals surface area contributed by atoms with Crippen LogP contribution in [0.3, 0.4) is 0 Å². The molecule has 2 N–H and O–H groups in total. The van der Waals surface area contributed by atoms with E-state index in [0.29, 0.717) is 24.3 Å². The van der Waals surface area contributed by atoms with Gasteiger partial charge in [-0.3, -0.25) is 4.79 Å². The number of nitrogens with zero attached hydrogens (tertiary/aromatic N) is 3. The first-order valence-electron chi connectivity index (χ1n) is 7.95. The van der Waals surface area contributed by atoms with Crippen molar-refractivity contribution in [1.29, 1.82) is 5.26 Å². The van der Waals surface area contributed by atoms with Gasteiger partial charge >= 0.3 is 0 Å². The minimum Gasteiger partial charge on any atom is -0.481 e. The monoisotopic (exact) mass is 338 g/mol. The predicted molar refractivity (Wildman–Crippen MR) is 88.7 cm³/mol. The van der Waals surface area contributed by atoms with Crippen LogP contribution in [0.5, 0.6) is 5.88 Å². The van der Waals surface area contributed by atoms with Crippen LogP contribution in [0.1, 0.15) is 40.5 Å². The first-order chi connectivity index (χ1) is 12.1. The quantitative estimate of drug-likeness (QED) is 0.857. The van der Waals surface area contributed by atoms with E-state index in [-0.39, 0.29) is 29.7 Å². The molecule has 1 amide bonds. The maximum Gasteiger partial charge on any atom is 0.253 e. The molecule has 1 saturated carbocycles. The lowest BCUT2D eigenvalue weighted by Crippen LogP contribution is -2.41. The molecule has 1 aliphatic rings. The number of hydrogen-bond donors (Lipinski definition) is 2. The highest BCUT2D eigenvalue weighted by atomic mass is 16.5. The first-order valence-corrected chi connectivity index (χ1v) is 7.95. The standard InChI is InChI=1S/C18H18N4O3/c1-25-16-5-3-11(9-21-16)17(13-6-15(23)7-13)22-18(24)12-2-4-14(8-19)20-10-12/h2-5,9-10,13,15,17,23H,6-7H2,1H3,(H,22,24). The van der Waals surface area contributed by atoms with E-state index in [1.54, 1.807) is 25.4 Å². The lowest BCUT2D eigenvalue weighted by atomic mass is 9.75. The van der Waals surface area contributed by atoms with Crippen LogP contribution in [0.2, 0.25) is 0 Å². The smallest absolute Gasteiger partial charge is 0.253 e. The number of amides is 1. The highest BCUT2D eigenvalue weighted by molar-refractivity contribution is 5.94. The van der Waals surface area contributed by atoms with Gasteiger partial charge < -0.3 is 15.2 Å². The van der Waals surface area contributed by atoms with Crippen LogP contribution in [0.15, 0.2) is 36.7 Å². The SMILES string of the molecule is COc1ccc(C(NC(=O)c2ccc(C#N)nc2)C2CC(O)C2)cn1. The number of aliphatic hydroxyl groups excluding tert-OH is 1. The lowest BCUT2D eigenvalue weighted by molar-refractivity contribution is 0.0234. The number of rotatable bonds is 5. The summed E-state index contributed by atoms with van der Waals surface area (Å²) >= 11 is 0. The van der Waals surface area contributed by atoms with Gasteiger partial charge in [-0.25, -0.2) is 9.97 Å². The lowest BCUT2D eigenvalue weighted by Gasteiger charge is -2.38. The molecule has 2 aromatic heterocycles. The topological polar surface area (TPSA) is 108 Å². The van der Waals surface area contributed by atoms with Crippen LogP contribution in [0.25, 0.3) is 0 Å². The normalized spacial score (nSPS) is 20.0. The zero-order valence-electron chi connectivity index (χ0n) is 13.7. The third-order valence-corrected chi connectivity index (χ3v) is 4.38. The molecule has 128 valence electrons. The second-order valence-corrected chi connectivity index (χ2v) is 6.01. The molecule has 1 atom stereocenters. The molecule has 0 aromatic carbocycles. The Morgan fingerprint density at radius 2 is 2.12 bits per heavy atom. The Morgan fingerprint density at radius 1 is 1.32 bits per heavy atom. The fraction of sp³-hybridized carbons (Fsp3) is 0.333. The van der Waals surface area contributed by atoms with E-state index < -0.39 is 0 Å². The third-order valence-electron chi connectivity index (χ3n) is 4.38. The second kappa shape index (κ2) is 7.28. The van der Waals surface area contributed by atoms with E-state index in [0.717, 1.165) is 5.56 Å². The fourth-order valence-corrected chi connectivity index (χ4v) is 2.89. The molecule has 2 heterocycles.